The summed E-state index contributed by atoms with van der Waals surface area (Å²) >= 11 is 0. The number of nitrogens with zero attached hydrogens (tertiary/aromatic N) is 2. The Morgan fingerprint density at radius 3 is 2.14 bits per heavy atom. The molecule has 148 valence electrons. The Balaban J connectivity index is 1.24. The van der Waals surface area contributed by atoms with Crippen LogP contribution in [0.3, 0.4) is 0 Å². The Hall–Kier alpha value is -2.29. The lowest BCUT2D eigenvalue weighted by molar-refractivity contribution is -0.137. The summed E-state index contributed by atoms with van der Waals surface area (Å²) in [4.78, 5) is 17.6. The number of piperidine rings is 2. The number of carbonyl (C=O) groups excluding carboxylic acids is 1. The number of hydrogen-bond donors (Lipinski definition) is 0. The van der Waals surface area contributed by atoms with Crippen LogP contribution in [0.15, 0.2) is 54.6 Å². The molecule has 2 aromatic carbocycles. The van der Waals surface area contributed by atoms with Crippen molar-refractivity contribution in [3.8, 4) is 0 Å². The summed E-state index contributed by atoms with van der Waals surface area (Å²) in [6, 6.07) is 19.5. The van der Waals surface area contributed by atoms with Gasteiger partial charge in [-0.3, -0.25) is 4.79 Å². The highest BCUT2D eigenvalue weighted by molar-refractivity contribution is 5.79. The minimum absolute atomic E-state index is 0.215. The molecule has 2 heterocycles. The van der Waals surface area contributed by atoms with Gasteiger partial charge in [0.25, 0.3) is 0 Å². The fourth-order valence-electron chi connectivity index (χ4n) is 4.70. The maximum Gasteiger partial charge on any atom is 0.225 e. The predicted octanol–water partition coefficient (Wildman–Crippen LogP) is 4.69. The van der Waals surface area contributed by atoms with E-state index in [4.69, 9.17) is 0 Å². The molecule has 2 saturated heterocycles. The monoisotopic (exact) mass is 376 g/mol. The first-order valence-electron chi connectivity index (χ1n) is 10.8. The molecule has 2 aliphatic heterocycles. The van der Waals surface area contributed by atoms with Crippen molar-refractivity contribution in [2.45, 2.75) is 39.0 Å². The van der Waals surface area contributed by atoms with Crippen molar-refractivity contribution < 1.29 is 4.79 Å². The predicted molar refractivity (Wildman–Crippen MR) is 116 cm³/mol. The average molecular weight is 377 g/mol. The van der Waals surface area contributed by atoms with Crippen molar-refractivity contribution in [2.24, 2.45) is 11.8 Å². The molecule has 0 spiro atoms. The summed E-state index contributed by atoms with van der Waals surface area (Å²) in [5, 5.41) is 0. The zero-order valence-electron chi connectivity index (χ0n) is 17.0. The number of rotatable bonds is 4. The second kappa shape index (κ2) is 8.81. The van der Waals surface area contributed by atoms with Crippen LogP contribution in [0.2, 0.25) is 0 Å². The first kappa shape index (κ1) is 19.0. The van der Waals surface area contributed by atoms with E-state index >= 15 is 0 Å². The molecule has 2 fully saturated rings. The maximum absolute atomic E-state index is 13.0. The van der Waals surface area contributed by atoms with Crippen LogP contribution < -0.4 is 4.90 Å². The fourth-order valence-corrected chi connectivity index (χ4v) is 4.70. The van der Waals surface area contributed by atoms with E-state index in [9.17, 15) is 4.79 Å². The molecular weight excluding hydrogens is 344 g/mol. The average Bonchev–Trinajstić information content (AvgIpc) is 2.75. The number of carbonyl (C=O) groups is 1. The molecule has 3 nitrogen and oxygen atoms in total. The van der Waals surface area contributed by atoms with Crippen LogP contribution in [0.5, 0.6) is 0 Å². The van der Waals surface area contributed by atoms with Gasteiger partial charge < -0.3 is 9.80 Å². The normalized spacial score (nSPS) is 19.0. The van der Waals surface area contributed by atoms with Crippen molar-refractivity contribution in [3.05, 3.63) is 65.7 Å². The fraction of sp³-hybridized carbons (Fsp3) is 0.480. The largest absolute Gasteiger partial charge is 0.371 e. The van der Waals surface area contributed by atoms with E-state index in [-0.39, 0.29) is 5.92 Å². The number of hydrogen-bond acceptors (Lipinski definition) is 2. The Bertz CT molecular complexity index is 755. The van der Waals surface area contributed by atoms with E-state index in [1.165, 1.54) is 16.8 Å². The third-order valence-electron chi connectivity index (χ3n) is 6.54. The minimum Gasteiger partial charge on any atom is -0.371 e. The Morgan fingerprint density at radius 1 is 0.857 bits per heavy atom. The van der Waals surface area contributed by atoms with Crippen LogP contribution in [0.1, 0.15) is 36.8 Å². The van der Waals surface area contributed by atoms with E-state index in [2.05, 4.69) is 71.3 Å². The number of amides is 1. The zero-order chi connectivity index (χ0) is 19.3. The highest BCUT2D eigenvalue weighted by Gasteiger charge is 2.31. The van der Waals surface area contributed by atoms with Gasteiger partial charge in [0.1, 0.15) is 0 Å². The summed E-state index contributed by atoms with van der Waals surface area (Å²) in [5.74, 6) is 1.34. The van der Waals surface area contributed by atoms with Gasteiger partial charge in [-0.05, 0) is 62.6 Å². The Labute approximate surface area is 169 Å². The van der Waals surface area contributed by atoms with Gasteiger partial charge in [0.2, 0.25) is 5.91 Å². The molecule has 0 N–H and O–H groups in total. The second-order valence-corrected chi connectivity index (χ2v) is 8.56. The molecule has 0 saturated carbocycles. The third kappa shape index (κ3) is 4.57. The number of anilines is 1. The van der Waals surface area contributed by atoms with Crippen LogP contribution >= 0.6 is 0 Å². The first-order chi connectivity index (χ1) is 13.7. The first-order valence-corrected chi connectivity index (χ1v) is 10.8. The van der Waals surface area contributed by atoms with E-state index < -0.39 is 0 Å². The number of aryl methyl sites for hydroxylation is 1. The Kier molecular flexibility index (Phi) is 5.99. The summed E-state index contributed by atoms with van der Waals surface area (Å²) in [6.45, 7) is 5.98. The SMILES string of the molecule is Cc1ccc(N2CCC(C(=O)N3CCC(Cc4ccccc4)CC3)CC2)cc1. The molecule has 4 rings (SSSR count). The Morgan fingerprint density at radius 2 is 1.50 bits per heavy atom. The molecule has 2 aliphatic rings. The van der Waals surface area contributed by atoms with Crippen molar-refractivity contribution in [1.82, 2.24) is 4.90 Å². The van der Waals surface area contributed by atoms with E-state index in [1.54, 1.807) is 0 Å². The molecule has 28 heavy (non-hydrogen) atoms. The van der Waals surface area contributed by atoms with Crippen LogP contribution in [0.25, 0.3) is 0 Å². The van der Waals surface area contributed by atoms with Crippen LogP contribution in [0.4, 0.5) is 5.69 Å². The second-order valence-electron chi connectivity index (χ2n) is 8.56. The molecule has 0 aliphatic carbocycles. The molecule has 3 heteroatoms. The van der Waals surface area contributed by atoms with E-state index in [0.29, 0.717) is 5.91 Å². The van der Waals surface area contributed by atoms with Gasteiger partial charge >= 0.3 is 0 Å². The molecule has 0 aromatic heterocycles. The van der Waals surface area contributed by atoms with Crippen molar-refractivity contribution in [1.29, 1.82) is 0 Å². The molecule has 1 amide bonds. The van der Waals surface area contributed by atoms with Gasteiger partial charge in [0.05, 0.1) is 0 Å². The molecule has 0 radical (unpaired) electrons. The van der Waals surface area contributed by atoms with Gasteiger partial charge in [0, 0.05) is 37.8 Å². The lowest BCUT2D eigenvalue weighted by Crippen LogP contribution is -2.45. The minimum atomic E-state index is 0.215. The van der Waals surface area contributed by atoms with Crippen LogP contribution in [0, 0.1) is 18.8 Å². The number of benzene rings is 2. The summed E-state index contributed by atoms with van der Waals surface area (Å²) in [5.41, 5.74) is 4.01. The highest BCUT2D eigenvalue weighted by Crippen LogP contribution is 2.27. The molecule has 0 bridgehead atoms. The quantitative estimate of drug-likeness (QED) is 0.773. The summed E-state index contributed by atoms with van der Waals surface area (Å²) in [7, 11) is 0. The molecule has 0 atom stereocenters. The van der Waals surface area contributed by atoms with Crippen LogP contribution in [-0.2, 0) is 11.2 Å². The standard InChI is InChI=1S/C25H32N2O/c1-20-7-9-24(10-8-20)26-17-13-23(14-18-26)25(28)27-15-11-22(12-16-27)19-21-5-3-2-4-6-21/h2-10,22-23H,11-19H2,1H3. The molecular formula is C25H32N2O. The van der Waals surface area contributed by atoms with Gasteiger partial charge in [-0.25, -0.2) is 0 Å². The maximum atomic E-state index is 13.0. The smallest absolute Gasteiger partial charge is 0.225 e. The molecule has 0 unspecified atom stereocenters. The van der Waals surface area contributed by atoms with Gasteiger partial charge in [-0.2, -0.15) is 0 Å². The van der Waals surface area contributed by atoms with Crippen molar-refractivity contribution in [2.75, 3.05) is 31.1 Å². The van der Waals surface area contributed by atoms with Gasteiger partial charge in [0.15, 0.2) is 0 Å². The van der Waals surface area contributed by atoms with Gasteiger partial charge in [-0.15, -0.1) is 0 Å². The van der Waals surface area contributed by atoms with E-state index in [1.807, 2.05) is 0 Å². The summed E-state index contributed by atoms with van der Waals surface area (Å²) < 4.78 is 0. The van der Waals surface area contributed by atoms with Gasteiger partial charge in [-0.1, -0.05) is 48.0 Å². The zero-order valence-corrected chi connectivity index (χ0v) is 17.0. The topological polar surface area (TPSA) is 23.6 Å². The number of likely N-dealkylation sites (tertiary alicyclic amines) is 1. The summed E-state index contributed by atoms with van der Waals surface area (Å²) in [6.07, 6.45) is 5.40. The lowest BCUT2D eigenvalue weighted by atomic mass is 9.88. The third-order valence-corrected chi connectivity index (χ3v) is 6.54. The molecule has 2 aromatic rings. The van der Waals surface area contributed by atoms with Crippen molar-refractivity contribution in [3.63, 3.8) is 0 Å². The van der Waals surface area contributed by atoms with Crippen LogP contribution in [-0.4, -0.2) is 37.0 Å². The highest BCUT2D eigenvalue weighted by atomic mass is 16.2. The van der Waals surface area contributed by atoms with E-state index in [0.717, 1.165) is 64.2 Å². The van der Waals surface area contributed by atoms with Crippen molar-refractivity contribution >= 4 is 11.6 Å². The lowest BCUT2D eigenvalue weighted by Gasteiger charge is -2.38.